The van der Waals surface area contributed by atoms with Crippen molar-refractivity contribution in [1.82, 2.24) is 0 Å². The standard InChI is InChI=1S/C18H27NO2/c1-18(2,3)15-9-7-14(8-10-15)17(21)19-16-6-4-5-13(11-16)12-20/h4-6,11,14-15,20H,7-10,12H2,1-3H3,(H,19,21). The topological polar surface area (TPSA) is 49.3 Å². The summed E-state index contributed by atoms with van der Waals surface area (Å²) in [6, 6.07) is 7.42. The number of hydrogen-bond acceptors (Lipinski definition) is 2. The van der Waals surface area contributed by atoms with E-state index in [9.17, 15) is 4.79 Å². The van der Waals surface area contributed by atoms with Gasteiger partial charge in [0.1, 0.15) is 0 Å². The lowest BCUT2D eigenvalue weighted by molar-refractivity contribution is -0.121. The molecular weight excluding hydrogens is 262 g/mol. The van der Waals surface area contributed by atoms with Crippen LogP contribution in [0.5, 0.6) is 0 Å². The number of anilines is 1. The van der Waals surface area contributed by atoms with E-state index >= 15 is 0 Å². The van der Waals surface area contributed by atoms with Gasteiger partial charge in [-0.15, -0.1) is 0 Å². The average molecular weight is 289 g/mol. The second-order valence-corrected chi connectivity index (χ2v) is 7.26. The Morgan fingerprint density at radius 2 is 1.90 bits per heavy atom. The van der Waals surface area contributed by atoms with Crippen LogP contribution in [0.25, 0.3) is 0 Å². The number of carbonyl (C=O) groups excluding carboxylic acids is 1. The van der Waals surface area contributed by atoms with Gasteiger partial charge in [-0.25, -0.2) is 0 Å². The van der Waals surface area contributed by atoms with Gasteiger partial charge in [0.15, 0.2) is 0 Å². The molecule has 0 saturated heterocycles. The summed E-state index contributed by atoms with van der Waals surface area (Å²) in [5.74, 6) is 0.970. The Morgan fingerprint density at radius 1 is 1.24 bits per heavy atom. The lowest BCUT2D eigenvalue weighted by Gasteiger charge is -2.36. The molecule has 116 valence electrons. The molecule has 0 aliphatic heterocycles. The van der Waals surface area contributed by atoms with Gasteiger partial charge in [-0.1, -0.05) is 32.9 Å². The molecule has 0 heterocycles. The molecule has 1 fully saturated rings. The molecule has 1 amide bonds. The molecule has 0 unspecified atom stereocenters. The molecule has 21 heavy (non-hydrogen) atoms. The number of amides is 1. The van der Waals surface area contributed by atoms with Crippen molar-refractivity contribution in [2.45, 2.75) is 53.1 Å². The normalized spacial score (nSPS) is 22.9. The van der Waals surface area contributed by atoms with E-state index in [4.69, 9.17) is 5.11 Å². The van der Waals surface area contributed by atoms with E-state index in [0.29, 0.717) is 5.41 Å². The summed E-state index contributed by atoms with van der Waals surface area (Å²) in [5, 5.41) is 12.1. The molecule has 1 aliphatic rings. The van der Waals surface area contributed by atoms with Crippen molar-refractivity contribution in [3.8, 4) is 0 Å². The summed E-state index contributed by atoms with van der Waals surface area (Å²) < 4.78 is 0. The minimum Gasteiger partial charge on any atom is -0.392 e. The van der Waals surface area contributed by atoms with Gasteiger partial charge < -0.3 is 10.4 Å². The van der Waals surface area contributed by atoms with Gasteiger partial charge in [-0.2, -0.15) is 0 Å². The first kappa shape index (κ1) is 16.0. The van der Waals surface area contributed by atoms with Crippen LogP contribution in [0.15, 0.2) is 24.3 Å². The Bertz CT molecular complexity index is 482. The van der Waals surface area contributed by atoms with Crippen LogP contribution in [0.1, 0.15) is 52.0 Å². The van der Waals surface area contributed by atoms with Crippen LogP contribution in [0.4, 0.5) is 5.69 Å². The molecule has 2 N–H and O–H groups in total. The summed E-state index contributed by atoms with van der Waals surface area (Å²) in [4.78, 5) is 12.3. The van der Waals surface area contributed by atoms with Gasteiger partial charge >= 0.3 is 0 Å². The SMILES string of the molecule is CC(C)(C)C1CCC(C(=O)Nc2cccc(CO)c2)CC1. The number of nitrogens with one attached hydrogen (secondary N) is 1. The van der Waals surface area contributed by atoms with Gasteiger partial charge in [-0.05, 0) is 54.7 Å². The molecule has 1 aromatic carbocycles. The molecule has 2 rings (SSSR count). The van der Waals surface area contributed by atoms with Crippen molar-refractivity contribution in [2.24, 2.45) is 17.3 Å². The Hall–Kier alpha value is -1.35. The zero-order valence-corrected chi connectivity index (χ0v) is 13.4. The lowest BCUT2D eigenvalue weighted by Crippen LogP contribution is -2.31. The third-order valence-corrected chi connectivity index (χ3v) is 4.70. The van der Waals surface area contributed by atoms with E-state index in [-0.39, 0.29) is 18.4 Å². The summed E-state index contributed by atoms with van der Waals surface area (Å²) in [5.41, 5.74) is 1.95. The van der Waals surface area contributed by atoms with Crippen LogP contribution >= 0.6 is 0 Å². The summed E-state index contributed by atoms with van der Waals surface area (Å²) in [7, 11) is 0. The van der Waals surface area contributed by atoms with Gasteiger partial charge in [0.05, 0.1) is 6.61 Å². The number of carbonyl (C=O) groups is 1. The van der Waals surface area contributed by atoms with Gasteiger partial charge in [0, 0.05) is 11.6 Å². The Kier molecular flexibility index (Phi) is 5.04. The van der Waals surface area contributed by atoms with Crippen LogP contribution in [0, 0.1) is 17.3 Å². The minimum atomic E-state index is 0.000399. The maximum absolute atomic E-state index is 12.3. The van der Waals surface area contributed by atoms with E-state index in [1.165, 1.54) is 0 Å². The molecule has 1 aromatic rings. The van der Waals surface area contributed by atoms with E-state index in [1.807, 2.05) is 24.3 Å². The summed E-state index contributed by atoms with van der Waals surface area (Å²) >= 11 is 0. The minimum absolute atomic E-state index is 0.000399. The molecular formula is C18H27NO2. The van der Waals surface area contributed by atoms with Crippen molar-refractivity contribution < 1.29 is 9.90 Å². The second-order valence-electron chi connectivity index (χ2n) is 7.26. The van der Waals surface area contributed by atoms with Crippen LogP contribution < -0.4 is 5.32 Å². The molecule has 1 saturated carbocycles. The van der Waals surface area contributed by atoms with Crippen LogP contribution in [-0.2, 0) is 11.4 Å². The van der Waals surface area contributed by atoms with E-state index in [1.54, 1.807) is 0 Å². The first-order valence-electron chi connectivity index (χ1n) is 7.91. The highest BCUT2D eigenvalue weighted by Gasteiger charge is 2.32. The predicted molar refractivity (Wildman–Crippen MR) is 85.9 cm³/mol. The highest BCUT2D eigenvalue weighted by atomic mass is 16.3. The maximum atomic E-state index is 12.3. The fourth-order valence-corrected chi connectivity index (χ4v) is 3.21. The highest BCUT2D eigenvalue weighted by Crippen LogP contribution is 2.40. The van der Waals surface area contributed by atoms with Gasteiger partial charge in [0.2, 0.25) is 5.91 Å². The monoisotopic (exact) mass is 289 g/mol. The van der Waals surface area contributed by atoms with Crippen molar-refractivity contribution in [2.75, 3.05) is 5.32 Å². The van der Waals surface area contributed by atoms with E-state index in [2.05, 4.69) is 26.1 Å². The number of rotatable bonds is 3. The van der Waals surface area contributed by atoms with Crippen molar-refractivity contribution in [3.05, 3.63) is 29.8 Å². The number of benzene rings is 1. The zero-order valence-electron chi connectivity index (χ0n) is 13.4. The first-order chi connectivity index (χ1) is 9.90. The molecule has 1 aliphatic carbocycles. The van der Waals surface area contributed by atoms with Crippen molar-refractivity contribution in [3.63, 3.8) is 0 Å². The Balaban J connectivity index is 1.90. The molecule has 0 radical (unpaired) electrons. The fraction of sp³-hybridized carbons (Fsp3) is 0.611. The third-order valence-electron chi connectivity index (χ3n) is 4.70. The van der Waals surface area contributed by atoms with Crippen LogP contribution in [0.2, 0.25) is 0 Å². The maximum Gasteiger partial charge on any atom is 0.227 e. The van der Waals surface area contributed by atoms with Crippen LogP contribution in [0.3, 0.4) is 0 Å². The first-order valence-corrected chi connectivity index (χ1v) is 7.91. The lowest BCUT2D eigenvalue weighted by atomic mass is 9.69. The molecule has 3 nitrogen and oxygen atoms in total. The smallest absolute Gasteiger partial charge is 0.227 e. The van der Waals surface area contributed by atoms with E-state index in [0.717, 1.165) is 42.9 Å². The van der Waals surface area contributed by atoms with Gasteiger partial charge in [0.25, 0.3) is 0 Å². The quantitative estimate of drug-likeness (QED) is 0.884. The van der Waals surface area contributed by atoms with Crippen molar-refractivity contribution in [1.29, 1.82) is 0 Å². The molecule has 0 bridgehead atoms. The van der Waals surface area contributed by atoms with Crippen molar-refractivity contribution >= 4 is 11.6 Å². The Labute approximate surface area is 127 Å². The highest BCUT2D eigenvalue weighted by molar-refractivity contribution is 5.92. The Morgan fingerprint density at radius 3 is 2.48 bits per heavy atom. The predicted octanol–water partition coefficient (Wildman–Crippen LogP) is 3.97. The molecule has 3 heteroatoms. The second kappa shape index (κ2) is 6.61. The summed E-state index contributed by atoms with van der Waals surface area (Å²) in [6.45, 7) is 6.87. The van der Waals surface area contributed by atoms with E-state index < -0.39 is 0 Å². The fourth-order valence-electron chi connectivity index (χ4n) is 3.21. The number of hydrogen-bond donors (Lipinski definition) is 2. The summed E-state index contributed by atoms with van der Waals surface area (Å²) in [6.07, 6.45) is 4.23. The molecule has 0 atom stereocenters. The van der Waals surface area contributed by atoms with Gasteiger partial charge in [-0.3, -0.25) is 4.79 Å². The largest absolute Gasteiger partial charge is 0.392 e. The van der Waals surface area contributed by atoms with Crippen LogP contribution in [-0.4, -0.2) is 11.0 Å². The molecule has 0 spiro atoms. The zero-order chi connectivity index (χ0) is 15.5. The number of aliphatic hydroxyl groups is 1. The molecule has 0 aromatic heterocycles. The average Bonchev–Trinajstić information content (AvgIpc) is 2.46. The number of aliphatic hydroxyl groups excluding tert-OH is 1. The third kappa shape index (κ3) is 4.31.